The Balaban J connectivity index is 2.67. The van der Waals surface area contributed by atoms with E-state index < -0.39 is 0 Å². The number of carbonyl (C=O) groups excluding carboxylic acids is 2. The van der Waals surface area contributed by atoms with Gasteiger partial charge in [-0.1, -0.05) is 18.2 Å². The fraction of sp³-hybridized carbons (Fsp3) is 0.467. The molecule has 1 aromatic carbocycles. The minimum absolute atomic E-state index is 0.197. The lowest BCUT2D eigenvalue weighted by Crippen LogP contribution is -2.08. The summed E-state index contributed by atoms with van der Waals surface area (Å²) >= 11 is 0. The van der Waals surface area contributed by atoms with Crippen molar-refractivity contribution in [2.75, 3.05) is 13.7 Å². The molecule has 0 aliphatic heterocycles. The number of aryl methyl sites for hydroxylation is 2. The zero-order chi connectivity index (χ0) is 14.3. The predicted octanol–water partition coefficient (Wildman–Crippen LogP) is 2.21. The monoisotopic (exact) mass is 264 g/mol. The van der Waals surface area contributed by atoms with E-state index in [1.807, 2.05) is 25.1 Å². The number of carbonyl (C=O) groups is 2. The van der Waals surface area contributed by atoms with E-state index in [2.05, 4.69) is 4.74 Å². The summed E-state index contributed by atoms with van der Waals surface area (Å²) in [7, 11) is 1.38. The van der Waals surface area contributed by atoms with E-state index in [9.17, 15) is 9.59 Å². The molecule has 0 heterocycles. The van der Waals surface area contributed by atoms with Crippen molar-refractivity contribution in [3.63, 3.8) is 0 Å². The van der Waals surface area contributed by atoms with Crippen LogP contribution in [0, 0.1) is 6.92 Å². The summed E-state index contributed by atoms with van der Waals surface area (Å²) in [5, 5.41) is 0. The third kappa shape index (κ3) is 5.12. The van der Waals surface area contributed by atoms with Gasteiger partial charge in [-0.25, -0.2) is 0 Å². The van der Waals surface area contributed by atoms with Gasteiger partial charge in [0.05, 0.1) is 20.1 Å². The highest BCUT2D eigenvalue weighted by atomic mass is 16.5. The average Bonchev–Trinajstić information content (AvgIpc) is 2.39. The van der Waals surface area contributed by atoms with Gasteiger partial charge in [0.2, 0.25) is 0 Å². The van der Waals surface area contributed by atoms with Gasteiger partial charge in [0.15, 0.2) is 0 Å². The van der Waals surface area contributed by atoms with Gasteiger partial charge in [-0.15, -0.1) is 0 Å². The van der Waals surface area contributed by atoms with E-state index in [4.69, 9.17) is 4.74 Å². The number of benzene rings is 1. The lowest BCUT2D eigenvalue weighted by Gasteiger charge is -2.08. The first kappa shape index (κ1) is 15.2. The van der Waals surface area contributed by atoms with Gasteiger partial charge in [0, 0.05) is 6.42 Å². The average molecular weight is 264 g/mol. The Hall–Kier alpha value is -1.84. The summed E-state index contributed by atoms with van der Waals surface area (Å²) in [6.07, 6.45) is 1.23. The van der Waals surface area contributed by atoms with Crippen molar-refractivity contribution >= 4 is 11.9 Å². The largest absolute Gasteiger partial charge is 0.469 e. The first-order valence-electron chi connectivity index (χ1n) is 6.37. The van der Waals surface area contributed by atoms with Crippen LogP contribution in [-0.2, 0) is 31.9 Å². The van der Waals surface area contributed by atoms with Gasteiger partial charge in [0.25, 0.3) is 0 Å². The molecule has 0 spiro atoms. The van der Waals surface area contributed by atoms with Crippen molar-refractivity contribution < 1.29 is 19.1 Å². The van der Waals surface area contributed by atoms with Gasteiger partial charge >= 0.3 is 11.9 Å². The van der Waals surface area contributed by atoms with Crippen LogP contribution in [0.15, 0.2) is 18.2 Å². The zero-order valence-electron chi connectivity index (χ0n) is 11.7. The highest BCUT2D eigenvalue weighted by molar-refractivity contribution is 5.73. The van der Waals surface area contributed by atoms with Gasteiger partial charge in [0.1, 0.15) is 0 Å². The molecule has 0 aromatic heterocycles. The first-order chi connectivity index (χ1) is 9.06. The number of ether oxygens (including phenoxy) is 2. The molecule has 0 fully saturated rings. The normalized spacial score (nSPS) is 10.1. The Morgan fingerprint density at radius 1 is 1.21 bits per heavy atom. The lowest BCUT2D eigenvalue weighted by molar-refractivity contribution is -0.143. The molecule has 0 aliphatic carbocycles. The maximum atomic E-state index is 11.3. The Morgan fingerprint density at radius 2 is 1.95 bits per heavy atom. The maximum Gasteiger partial charge on any atom is 0.309 e. The molecule has 1 aromatic rings. The van der Waals surface area contributed by atoms with Gasteiger partial charge in [-0.05, 0) is 37.0 Å². The van der Waals surface area contributed by atoms with Crippen LogP contribution in [0.5, 0.6) is 0 Å². The van der Waals surface area contributed by atoms with Crippen LogP contribution in [0.2, 0.25) is 0 Å². The van der Waals surface area contributed by atoms with Crippen LogP contribution >= 0.6 is 0 Å². The number of hydrogen-bond donors (Lipinski definition) is 0. The van der Waals surface area contributed by atoms with Gasteiger partial charge < -0.3 is 9.47 Å². The van der Waals surface area contributed by atoms with Crippen molar-refractivity contribution in [2.24, 2.45) is 0 Å². The quantitative estimate of drug-likeness (QED) is 0.739. The first-order valence-corrected chi connectivity index (χ1v) is 6.37. The number of rotatable bonds is 6. The molecule has 0 atom stereocenters. The molecule has 0 radical (unpaired) electrons. The summed E-state index contributed by atoms with van der Waals surface area (Å²) in [5.41, 5.74) is 3.01. The van der Waals surface area contributed by atoms with E-state index in [1.54, 1.807) is 6.92 Å². The fourth-order valence-corrected chi connectivity index (χ4v) is 1.78. The Morgan fingerprint density at radius 3 is 2.58 bits per heavy atom. The SMILES string of the molecule is CCOC(=O)CCc1ccc(C)c(CC(=O)OC)c1. The molecule has 0 unspecified atom stereocenters. The molecule has 0 saturated heterocycles. The van der Waals surface area contributed by atoms with Crippen molar-refractivity contribution in [1.29, 1.82) is 0 Å². The molecule has 104 valence electrons. The second-order valence-corrected chi connectivity index (χ2v) is 4.32. The van der Waals surface area contributed by atoms with Crippen LogP contribution in [0.4, 0.5) is 0 Å². The van der Waals surface area contributed by atoms with Crippen LogP contribution in [0.1, 0.15) is 30.0 Å². The van der Waals surface area contributed by atoms with E-state index in [0.29, 0.717) is 19.4 Å². The second kappa shape index (κ2) is 7.56. The molecule has 0 aliphatic rings. The third-order valence-corrected chi connectivity index (χ3v) is 2.90. The second-order valence-electron chi connectivity index (χ2n) is 4.32. The zero-order valence-corrected chi connectivity index (χ0v) is 11.7. The van der Waals surface area contributed by atoms with E-state index >= 15 is 0 Å². The molecule has 1 rings (SSSR count). The maximum absolute atomic E-state index is 11.3. The van der Waals surface area contributed by atoms with E-state index in [1.165, 1.54) is 7.11 Å². The number of hydrogen-bond acceptors (Lipinski definition) is 4. The molecule has 4 nitrogen and oxygen atoms in total. The number of methoxy groups -OCH3 is 1. The Labute approximate surface area is 113 Å². The van der Waals surface area contributed by atoms with Crippen molar-refractivity contribution in [1.82, 2.24) is 0 Å². The minimum atomic E-state index is -0.259. The predicted molar refractivity (Wildman–Crippen MR) is 71.9 cm³/mol. The molecule has 0 bridgehead atoms. The summed E-state index contributed by atoms with van der Waals surface area (Å²) in [5.74, 6) is -0.455. The molecule has 0 saturated carbocycles. The summed E-state index contributed by atoms with van der Waals surface area (Å²) in [4.78, 5) is 22.6. The molecule has 0 amide bonds. The number of esters is 2. The Bertz CT molecular complexity index is 451. The van der Waals surface area contributed by atoms with Gasteiger partial charge in [-0.3, -0.25) is 9.59 Å². The van der Waals surface area contributed by atoms with Crippen LogP contribution < -0.4 is 0 Å². The van der Waals surface area contributed by atoms with Crippen LogP contribution in [0.25, 0.3) is 0 Å². The van der Waals surface area contributed by atoms with Crippen LogP contribution in [0.3, 0.4) is 0 Å². The molecule has 19 heavy (non-hydrogen) atoms. The summed E-state index contributed by atoms with van der Waals surface area (Å²) in [6, 6.07) is 5.87. The molecule has 4 heteroatoms. The molecule has 0 N–H and O–H groups in total. The fourth-order valence-electron chi connectivity index (χ4n) is 1.78. The molecular weight excluding hydrogens is 244 g/mol. The standard InChI is InChI=1S/C15H20O4/c1-4-19-14(16)8-7-12-6-5-11(2)13(9-12)10-15(17)18-3/h5-6,9H,4,7-8,10H2,1-3H3. The Kier molecular flexibility index (Phi) is 6.06. The highest BCUT2D eigenvalue weighted by Crippen LogP contribution is 2.14. The topological polar surface area (TPSA) is 52.6 Å². The van der Waals surface area contributed by atoms with Crippen molar-refractivity contribution in [2.45, 2.75) is 33.1 Å². The highest BCUT2D eigenvalue weighted by Gasteiger charge is 2.08. The van der Waals surface area contributed by atoms with Gasteiger partial charge in [-0.2, -0.15) is 0 Å². The summed E-state index contributed by atoms with van der Waals surface area (Å²) in [6.45, 7) is 4.14. The molecular formula is C15H20O4. The summed E-state index contributed by atoms with van der Waals surface area (Å²) < 4.78 is 9.55. The van der Waals surface area contributed by atoms with Crippen molar-refractivity contribution in [3.8, 4) is 0 Å². The van der Waals surface area contributed by atoms with E-state index in [-0.39, 0.29) is 18.4 Å². The smallest absolute Gasteiger partial charge is 0.309 e. The van der Waals surface area contributed by atoms with E-state index in [0.717, 1.165) is 16.7 Å². The van der Waals surface area contributed by atoms with Crippen molar-refractivity contribution in [3.05, 3.63) is 34.9 Å². The lowest BCUT2D eigenvalue weighted by atomic mass is 10.00. The minimum Gasteiger partial charge on any atom is -0.469 e. The third-order valence-electron chi connectivity index (χ3n) is 2.90. The van der Waals surface area contributed by atoms with Crippen LogP contribution in [-0.4, -0.2) is 25.7 Å².